The fourth-order valence-electron chi connectivity index (χ4n) is 2.91. The molecule has 0 aliphatic carbocycles. The molecule has 1 N–H and O–H groups in total. The summed E-state index contributed by atoms with van der Waals surface area (Å²) in [6.07, 6.45) is 10.2. The number of esters is 1. The van der Waals surface area contributed by atoms with Gasteiger partial charge in [-0.25, -0.2) is 0 Å². The Morgan fingerprint density at radius 3 is 2.08 bits per heavy atom. The fourth-order valence-corrected chi connectivity index (χ4v) is 2.91. The first-order chi connectivity index (χ1) is 12.1. The second-order valence-corrected chi connectivity index (χ2v) is 7.45. The molecule has 0 fully saturated rings. The largest absolute Gasteiger partial charge is 0.461 e. The third kappa shape index (κ3) is 12.6. The summed E-state index contributed by atoms with van der Waals surface area (Å²) in [7, 11) is 0. The van der Waals surface area contributed by atoms with Crippen molar-refractivity contribution in [3.63, 3.8) is 0 Å². The zero-order valence-electron chi connectivity index (χ0n) is 16.1. The molecular weight excluding hydrogens is 312 g/mol. The predicted octanol–water partition coefficient (Wildman–Crippen LogP) is 5.65. The zero-order chi connectivity index (χ0) is 18.3. The molecule has 0 spiro atoms. The Balaban J connectivity index is 1.94. The van der Waals surface area contributed by atoms with Gasteiger partial charge in [-0.3, -0.25) is 4.79 Å². The second-order valence-electron chi connectivity index (χ2n) is 7.45. The Hall–Kier alpha value is -1.35. The Kier molecular flexibility index (Phi) is 12.0. The molecule has 142 valence electrons. The number of benzene rings is 1. The highest BCUT2D eigenvalue weighted by Gasteiger charge is 2.11. The Morgan fingerprint density at radius 2 is 1.48 bits per heavy atom. The van der Waals surface area contributed by atoms with E-state index in [2.05, 4.69) is 13.8 Å². The molecule has 0 saturated heterocycles. The standard InChI is InChI=1S/C22H36O3/c1-19(2)13-9-6-4-3-5-7-12-16-21(23)17-22(24)25-18-20-14-10-8-11-15-20/h8,10-11,14-15,19,21,23H,3-7,9,12-13,16-18H2,1-2H3/t21-/m1/s1. The van der Waals surface area contributed by atoms with Crippen LogP contribution in [0.5, 0.6) is 0 Å². The summed E-state index contributed by atoms with van der Waals surface area (Å²) in [4.78, 5) is 11.7. The third-order valence-corrected chi connectivity index (χ3v) is 4.46. The molecule has 0 bridgehead atoms. The van der Waals surface area contributed by atoms with Gasteiger partial charge in [-0.1, -0.05) is 95.5 Å². The average molecular weight is 349 g/mol. The highest BCUT2D eigenvalue weighted by molar-refractivity contribution is 5.69. The normalized spacial score (nSPS) is 12.3. The highest BCUT2D eigenvalue weighted by Crippen LogP contribution is 2.14. The van der Waals surface area contributed by atoms with Gasteiger partial charge in [0, 0.05) is 0 Å². The number of hydrogen-bond acceptors (Lipinski definition) is 3. The van der Waals surface area contributed by atoms with Gasteiger partial charge in [-0.15, -0.1) is 0 Å². The summed E-state index contributed by atoms with van der Waals surface area (Å²) in [5.74, 6) is 0.502. The molecule has 0 amide bonds. The number of carbonyl (C=O) groups excluding carboxylic acids is 1. The second kappa shape index (κ2) is 13.9. The van der Waals surface area contributed by atoms with Crippen molar-refractivity contribution in [1.82, 2.24) is 0 Å². The molecule has 25 heavy (non-hydrogen) atoms. The first-order valence-electron chi connectivity index (χ1n) is 9.95. The van der Waals surface area contributed by atoms with Crippen molar-refractivity contribution in [2.75, 3.05) is 0 Å². The Bertz CT molecular complexity index is 442. The molecule has 0 heterocycles. The van der Waals surface area contributed by atoms with Gasteiger partial charge in [0.1, 0.15) is 6.61 Å². The van der Waals surface area contributed by atoms with Gasteiger partial charge in [0.05, 0.1) is 12.5 Å². The van der Waals surface area contributed by atoms with E-state index in [4.69, 9.17) is 4.74 Å². The molecule has 0 unspecified atom stereocenters. The van der Waals surface area contributed by atoms with E-state index in [1.807, 2.05) is 30.3 Å². The van der Waals surface area contributed by atoms with Gasteiger partial charge in [-0.2, -0.15) is 0 Å². The number of aliphatic hydroxyl groups excluding tert-OH is 1. The van der Waals surface area contributed by atoms with E-state index in [9.17, 15) is 9.90 Å². The monoisotopic (exact) mass is 348 g/mol. The molecule has 1 atom stereocenters. The van der Waals surface area contributed by atoms with Crippen molar-refractivity contribution in [1.29, 1.82) is 0 Å². The van der Waals surface area contributed by atoms with Gasteiger partial charge < -0.3 is 9.84 Å². The maximum atomic E-state index is 11.7. The van der Waals surface area contributed by atoms with Crippen LogP contribution in [0.1, 0.15) is 83.6 Å². The molecule has 1 aromatic carbocycles. The van der Waals surface area contributed by atoms with Crippen LogP contribution in [0.15, 0.2) is 30.3 Å². The van der Waals surface area contributed by atoms with Gasteiger partial charge in [0.2, 0.25) is 0 Å². The van der Waals surface area contributed by atoms with Crippen molar-refractivity contribution in [3.8, 4) is 0 Å². The fraction of sp³-hybridized carbons (Fsp3) is 0.682. The maximum absolute atomic E-state index is 11.7. The van der Waals surface area contributed by atoms with E-state index in [0.29, 0.717) is 6.42 Å². The quantitative estimate of drug-likeness (QED) is 0.349. The van der Waals surface area contributed by atoms with Crippen LogP contribution in [0, 0.1) is 5.92 Å². The molecular formula is C22H36O3. The first kappa shape index (κ1) is 21.7. The van der Waals surface area contributed by atoms with Crippen molar-refractivity contribution in [2.24, 2.45) is 5.92 Å². The minimum absolute atomic E-state index is 0.0992. The van der Waals surface area contributed by atoms with Crippen molar-refractivity contribution in [3.05, 3.63) is 35.9 Å². The van der Waals surface area contributed by atoms with E-state index < -0.39 is 6.10 Å². The van der Waals surface area contributed by atoms with Crippen LogP contribution in [-0.4, -0.2) is 17.2 Å². The van der Waals surface area contributed by atoms with Gasteiger partial charge in [0.15, 0.2) is 0 Å². The molecule has 3 heteroatoms. The Labute approximate surface area is 153 Å². The minimum Gasteiger partial charge on any atom is -0.461 e. The number of rotatable bonds is 14. The van der Waals surface area contributed by atoms with Crippen LogP contribution in [0.4, 0.5) is 0 Å². The van der Waals surface area contributed by atoms with Crippen LogP contribution >= 0.6 is 0 Å². The first-order valence-corrected chi connectivity index (χ1v) is 9.95. The van der Waals surface area contributed by atoms with E-state index in [1.54, 1.807) is 0 Å². The summed E-state index contributed by atoms with van der Waals surface area (Å²) >= 11 is 0. The van der Waals surface area contributed by atoms with E-state index in [-0.39, 0.29) is 19.0 Å². The van der Waals surface area contributed by atoms with Crippen molar-refractivity contribution >= 4 is 5.97 Å². The summed E-state index contributed by atoms with van der Waals surface area (Å²) in [5, 5.41) is 9.94. The lowest BCUT2D eigenvalue weighted by molar-refractivity contribution is -0.147. The third-order valence-electron chi connectivity index (χ3n) is 4.46. The van der Waals surface area contributed by atoms with Crippen LogP contribution in [0.3, 0.4) is 0 Å². The SMILES string of the molecule is CC(C)CCCCCCCCC[C@@H](O)CC(=O)OCc1ccccc1. The predicted molar refractivity (Wildman–Crippen MR) is 103 cm³/mol. The molecule has 1 aromatic rings. The maximum Gasteiger partial charge on any atom is 0.308 e. The number of unbranched alkanes of at least 4 members (excludes halogenated alkanes) is 6. The molecule has 0 aliphatic rings. The lowest BCUT2D eigenvalue weighted by Gasteiger charge is -2.10. The number of ether oxygens (including phenoxy) is 1. The minimum atomic E-state index is -0.575. The molecule has 1 rings (SSSR count). The zero-order valence-corrected chi connectivity index (χ0v) is 16.1. The van der Waals surface area contributed by atoms with Gasteiger partial charge >= 0.3 is 5.97 Å². The summed E-state index contributed by atoms with van der Waals surface area (Å²) in [6, 6.07) is 9.62. The topological polar surface area (TPSA) is 46.5 Å². The summed E-state index contributed by atoms with van der Waals surface area (Å²) in [6.45, 7) is 4.84. The number of hydrogen-bond donors (Lipinski definition) is 1. The van der Waals surface area contributed by atoms with E-state index in [0.717, 1.165) is 24.3 Å². The average Bonchev–Trinajstić information content (AvgIpc) is 2.59. The van der Waals surface area contributed by atoms with Crippen LogP contribution in [0.2, 0.25) is 0 Å². The van der Waals surface area contributed by atoms with Crippen molar-refractivity contribution < 1.29 is 14.6 Å². The van der Waals surface area contributed by atoms with Crippen LogP contribution in [0.25, 0.3) is 0 Å². The Morgan fingerprint density at radius 1 is 0.920 bits per heavy atom. The smallest absolute Gasteiger partial charge is 0.308 e. The molecule has 0 aliphatic heterocycles. The van der Waals surface area contributed by atoms with E-state index >= 15 is 0 Å². The van der Waals surface area contributed by atoms with Crippen LogP contribution in [-0.2, 0) is 16.1 Å². The highest BCUT2D eigenvalue weighted by atomic mass is 16.5. The van der Waals surface area contributed by atoms with Crippen LogP contribution < -0.4 is 0 Å². The lowest BCUT2D eigenvalue weighted by atomic mass is 10.0. The van der Waals surface area contributed by atoms with E-state index in [1.165, 1.54) is 38.5 Å². The number of carbonyl (C=O) groups is 1. The molecule has 0 radical (unpaired) electrons. The van der Waals surface area contributed by atoms with Gasteiger partial charge in [0.25, 0.3) is 0 Å². The summed E-state index contributed by atoms with van der Waals surface area (Å²) in [5.41, 5.74) is 0.971. The lowest BCUT2D eigenvalue weighted by Crippen LogP contribution is -2.15. The molecule has 0 saturated carbocycles. The van der Waals surface area contributed by atoms with Gasteiger partial charge in [-0.05, 0) is 17.9 Å². The summed E-state index contributed by atoms with van der Waals surface area (Å²) < 4.78 is 5.20. The van der Waals surface area contributed by atoms with Crippen molar-refractivity contribution in [2.45, 2.75) is 90.8 Å². The molecule has 0 aromatic heterocycles. The number of aliphatic hydroxyl groups is 1. The molecule has 3 nitrogen and oxygen atoms in total.